The van der Waals surface area contributed by atoms with Gasteiger partial charge in [0.1, 0.15) is 5.75 Å². The van der Waals surface area contributed by atoms with Crippen molar-refractivity contribution in [3.05, 3.63) is 29.3 Å². The quantitative estimate of drug-likeness (QED) is 0.881. The van der Waals surface area contributed by atoms with Crippen molar-refractivity contribution >= 4 is 0 Å². The molecule has 2 aliphatic heterocycles. The Kier molecular flexibility index (Phi) is 3.73. The van der Waals surface area contributed by atoms with Crippen LogP contribution in [0.2, 0.25) is 0 Å². The fourth-order valence-corrected chi connectivity index (χ4v) is 3.13. The number of piperazine rings is 1. The highest BCUT2D eigenvalue weighted by molar-refractivity contribution is 5.40. The van der Waals surface area contributed by atoms with Gasteiger partial charge >= 0.3 is 0 Å². The summed E-state index contributed by atoms with van der Waals surface area (Å²) in [6, 6.07) is 6.68. The second-order valence-corrected chi connectivity index (χ2v) is 5.59. The third kappa shape index (κ3) is 2.61. The fraction of sp³-hybridized carbons (Fsp3) is 0.600. The van der Waals surface area contributed by atoms with Crippen molar-refractivity contribution in [2.75, 3.05) is 46.9 Å². The molecule has 2 aliphatic rings. The summed E-state index contributed by atoms with van der Waals surface area (Å²) >= 11 is 0. The molecule has 1 saturated heterocycles. The molecule has 104 valence electrons. The van der Waals surface area contributed by atoms with Crippen LogP contribution in [0.25, 0.3) is 0 Å². The molecule has 1 fully saturated rings. The molecular weight excluding hydrogens is 238 g/mol. The van der Waals surface area contributed by atoms with Gasteiger partial charge < -0.3 is 10.1 Å². The van der Waals surface area contributed by atoms with Gasteiger partial charge in [-0.1, -0.05) is 6.07 Å². The first-order valence-corrected chi connectivity index (χ1v) is 7.12. The van der Waals surface area contributed by atoms with E-state index >= 15 is 0 Å². The van der Waals surface area contributed by atoms with Gasteiger partial charge in [0.25, 0.3) is 0 Å². The molecule has 2 heterocycles. The van der Waals surface area contributed by atoms with E-state index in [0.717, 1.165) is 45.0 Å². The normalized spacial score (nSPS) is 21.2. The minimum atomic E-state index is 0.369. The Hall–Kier alpha value is -1.10. The number of rotatable bonds is 3. The Labute approximate surface area is 115 Å². The topological polar surface area (TPSA) is 27.7 Å². The molecule has 4 nitrogen and oxygen atoms in total. The number of benzene rings is 1. The van der Waals surface area contributed by atoms with Crippen molar-refractivity contribution in [2.24, 2.45) is 0 Å². The first-order chi connectivity index (χ1) is 9.25. The van der Waals surface area contributed by atoms with Gasteiger partial charge in [-0.05, 0) is 37.4 Å². The SMILES string of the molecule is CN(C)C(c1ccc2c(c1)CCO2)N1CCNCC1. The third-order valence-electron chi connectivity index (χ3n) is 4.00. The maximum Gasteiger partial charge on any atom is 0.122 e. The van der Waals surface area contributed by atoms with E-state index in [1.165, 1.54) is 11.1 Å². The molecule has 0 radical (unpaired) electrons. The van der Waals surface area contributed by atoms with E-state index in [9.17, 15) is 0 Å². The summed E-state index contributed by atoms with van der Waals surface area (Å²) in [5.74, 6) is 1.07. The minimum absolute atomic E-state index is 0.369. The first kappa shape index (κ1) is 12.9. The van der Waals surface area contributed by atoms with Gasteiger partial charge in [0.05, 0.1) is 12.8 Å². The zero-order valence-electron chi connectivity index (χ0n) is 11.9. The molecule has 0 spiro atoms. The average Bonchev–Trinajstić information content (AvgIpc) is 2.87. The summed E-state index contributed by atoms with van der Waals surface area (Å²) in [6.45, 7) is 5.21. The molecular formula is C15H23N3O. The van der Waals surface area contributed by atoms with Crippen molar-refractivity contribution in [1.82, 2.24) is 15.1 Å². The number of fused-ring (bicyclic) bond motifs is 1. The summed E-state index contributed by atoms with van der Waals surface area (Å²) in [4.78, 5) is 4.86. The van der Waals surface area contributed by atoms with Crippen molar-refractivity contribution in [2.45, 2.75) is 12.6 Å². The van der Waals surface area contributed by atoms with Crippen molar-refractivity contribution in [1.29, 1.82) is 0 Å². The largest absolute Gasteiger partial charge is 0.493 e. The molecule has 4 heteroatoms. The molecule has 1 atom stereocenters. The predicted octanol–water partition coefficient (Wildman–Crippen LogP) is 1.09. The number of hydrogen-bond acceptors (Lipinski definition) is 4. The Morgan fingerprint density at radius 2 is 2.05 bits per heavy atom. The Morgan fingerprint density at radius 1 is 1.26 bits per heavy atom. The molecule has 0 bridgehead atoms. The third-order valence-corrected chi connectivity index (χ3v) is 4.00. The van der Waals surface area contributed by atoms with Crippen molar-refractivity contribution in [3.63, 3.8) is 0 Å². The molecule has 0 aliphatic carbocycles. The second-order valence-electron chi connectivity index (χ2n) is 5.59. The van der Waals surface area contributed by atoms with Gasteiger partial charge in [-0.2, -0.15) is 0 Å². The van der Waals surface area contributed by atoms with Crippen LogP contribution in [0.5, 0.6) is 5.75 Å². The van der Waals surface area contributed by atoms with Crippen LogP contribution in [0.3, 0.4) is 0 Å². The molecule has 1 unspecified atom stereocenters. The Morgan fingerprint density at radius 3 is 2.79 bits per heavy atom. The van der Waals surface area contributed by atoms with Crippen LogP contribution in [-0.2, 0) is 6.42 Å². The van der Waals surface area contributed by atoms with Gasteiger partial charge in [0.2, 0.25) is 0 Å². The molecule has 1 aromatic rings. The number of nitrogens with one attached hydrogen (secondary N) is 1. The van der Waals surface area contributed by atoms with E-state index in [-0.39, 0.29) is 0 Å². The van der Waals surface area contributed by atoms with Crippen LogP contribution >= 0.6 is 0 Å². The molecule has 0 aromatic heterocycles. The smallest absolute Gasteiger partial charge is 0.122 e. The lowest BCUT2D eigenvalue weighted by Gasteiger charge is -2.39. The summed E-state index contributed by atoms with van der Waals surface area (Å²) < 4.78 is 5.60. The fourth-order valence-electron chi connectivity index (χ4n) is 3.13. The van der Waals surface area contributed by atoms with E-state index in [2.05, 4.69) is 47.4 Å². The standard InChI is InChI=1S/C15H23N3O/c1-17(2)15(18-8-6-16-7-9-18)13-3-4-14-12(11-13)5-10-19-14/h3-4,11,15-16H,5-10H2,1-2H3. The van der Waals surface area contributed by atoms with E-state index in [1.807, 2.05) is 0 Å². The molecule has 1 N–H and O–H groups in total. The summed E-state index contributed by atoms with van der Waals surface area (Å²) in [7, 11) is 4.33. The Balaban J connectivity index is 1.87. The van der Waals surface area contributed by atoms with Crippen LogP contribution in [0.1, 0.15) is 17.3 Å². The molecule has 3 rings (SSSR count). The first-order valence-electron chi connectivity index (χ1n) is 7.12. The van der Waals surface area contributed by atoms with Gasteiger partial charge in [-0.25, -0.2) is 0 Å². The maximum atomic E-state index is 5.60. The minimum Gasteiger partial charge on any atom is -0.493 e. The van der Waals surface area contributed by atoms with Gasteiger partial charge in [0, 0.05) is 32.6 Å². The van der Waals surface area contributed by atoms with Gasteiger partial charge in [-0.15, -0.1) is 0 Å². The predicted molar refractivity (Wildman–Crippen MR) is 76.5 cm³/mol. The van der Waals surface area contributed by atoms with Gasteiger partial charge in [-0.3, -0.25) is 9.80 Å². The Bertz CT molecular complexity index is 441. The highest BCUT2D eigenvalue weighted by Gasteiger charge is 2.25. The lowest BCUT2D eigenvalue weighted by atomic mass is 10.0. The van der Waals surface area contributed by atoms with Gasteiger partial charge in [0.15, 0.2) is 0 Å². The monoisotopic (exact) mass is 261 g/mol. The highest BCUT2D eigenvalue weighted by atomic mass is 16.5. The zero-order chi connectivity index (χ0) is 13.2. The summed E-state index contributed by atoms with van der Waals surface area (Å²) in [5, 5.41) is 3.42. The van der Waals surface area contributed by atoms with E-state index in [4.69, 9.17) is 4.74 Å². The summed E-state index contributed by atoms with van der Waals surface area (Å²) in [6.07, 6.45) is 1.42. The molecule has 19 heavy (non-hydrogen) atoms. The second kappa shape index (κ2) is 5.49. The van der Waals surface area contributed by atoms with Crippen LogP contribution in [0.15, 0.2) is 18.2 Å². The van der Waals surface area contributed by atoms with Crippen LogP contribution in [0.4, 0.5) is 0 Å². The number of ether oxygens (including phenoxy) is 1. The van der Waals surface area contributed by atoms with Crippen molar-refractivity contribution in [3.8, 4) is 5.75 Å². The van der Waals surface area contributed by atoms with Crippen molar-refractivity contribution < 1.29 is 4.74 Å². The van der Waals surface area contributed by atoms with E-state index in [1.54, 1.807) is 0 Å². The molecule has 1 aromatic carbocycles. The van der Waals surface area contributed by atoms with E-state index in [0.29, 0.717) is 6.17 Å². The molecule has 0 saturated carbocycles. The van der Waals surface area contributed by atoms with Crippen LogP contribution < -0.4 is 10.1 Å². The van der Waals surface area contributed by atoms with Crippen LogP contribution in [-0.4, -0.2) is 56.7 Å². The lowest BCUT2D eigenvalue weighted by Crippen LogP contribution is -2.48. The number of nitrogens with zero attached hydrogens (tertiary/aromatic N) is 2. The summed E-state index contributed by atoms with van der Waals surface area (Å²) in [5.41, 5.74) is 2.75. The zero-order valence-corrected chi connectivity index (χ0v) is 11.9. The number of hydrogen-bond donors (Lipinski definition) is 1. The van der Waals surface area contributed by atoms with E-state index < -0.39 is 0 Å². The van der Waals surface area contributed by atoms with Crippen LogP contribution in [0, 0.1) is 0 Å². The maximum absolute atomic E-state index is 5.60. The lowest BCUT2D eigenvalue weighted by molar-refractivity contribution is 0.0672. The average molecular weight is 261 g/mol. The highest BCUT2D eigenvalue weighted by Crippen LogP contribution is 2.31. The molecule has 0 amide bonds.